The predicted molar refractivity (Wildman–Crippen MR) is 174 cm³/mol. The summed E-state index contributed by atoms with van der Waals surface area (Å²) in [5.74, 6) is -1.34. The lowest BCUT2D eigenvalue weighted by molar-refractivity contribution is -0.138. The molecule has 0 radical (unpaired) electrons. The number of aliphatic carboxylic acids is 2. The third-order valence-electron chi connectivity index (χ3n) is 6.68. The van der Waals surface area contributed by atoms with Gasteiger partial charge in [-0.2, -0.15) is 0 Å². The number of allylic oxidation sites excluding steroid dienone is 8. The van der Waals surface area contributed by atoms with E-state index in [4.69, 9.17) is 10.2 Å². The van der Waals surface area contributed by atoms with Crippen LogP contribution < -0.4 is 0 Å². The summed E-state index contributed by atoms with van der Waals surface area (Å²) in [6.45, 7) is 4.47. The van der Waals surface area contributed by atoms with Gasteiger partial charge in [-0.15, -0.1) is 0 Å². The van der Waals surface area contributed by atoms with Crippen molar-refractivity contribution in [2.24, 2.45) is 0 Å². The molecule has 0 aliphatic rings. The lowest BCUT2D eigenvalue weighted by Gasteiger charge is -1.98. The average molecular weight is 561 g/mol. The summed E-state index contributed by atoms with van der Waals surface area (Å²) in [5, 5.41) is 17.0. The van der Waals surface area contributed by atoms with Crippen LogP contribution in [0.1, 0.15) is 168 Å². The predicted octanol–water partition coefficient (Wildman–Crippen LogP) is 11.8. The fourth-order valence-electron chi connectivity index (χ4n) is 4.18. The molecule has 0 spiro atoms. The zero-order valence-corrected chi connectivity index (χ0v) is 26.3. The van der Waals surface area contributed by atoms with E-state index in [-0.39, 0.29) is 0 Å². The maximum atomic E-state index is 10.3. The number of carbonyl (C=O) groups is 2. The van der Waals surface area contributed by atoms with E-state index in [1.165, 1.54) is 89.9 Å². The molecular formula is C36H64O4. The number of carboxylic acid groups (broad SMARTS) is 2. The highest BCUT2D eigenvalue weighted by molar-refractivity contribution is 5.66. The molecule has 0 heterocycles. The van der Waals surface area contributed by atoms with Gasteiger partial charge in [-0.3, -0.25) is 9.59 Å². The highest BCUT2D eigenvalue weighted by atomic mass is 16.4. The van der Waals surface area contributed by atoms with Gasteiger partial charge in [-0.05, 0) is 77.0 Å². The quantitative estimate of drug-likeness (QED) is 0.0737. The standard InChI is InChI=1S/2C18H32O2/c2*1-2-3-4-5-6-7-8-9-10-11-12-13-14-15-16-17-18(19)20/h2*6-7,9-10H,2-5,8,11-17H2,1H3,(H,19,20)/b7-6-,10-9-;. The van der Waals surface area contributed by atoms with Gasteiger partial charge in [0.15, 0.2) is 0 Å². The van der Waals surface area contributed by atoms with Crippen LogP contribution in [0.5, 0.6) is 0 Å². The van der Waals surface area contributed by atoms with Crippen molar-refractivity contribution in [2.75, 3.05) is 0 Å². The van der Waals surface area contributed by atoms with Crippen molar-refractivity contribution >= 4 is 11.9 Å². The van der Waals surface area contributed by atoms with Gasteiger partial charge >= 0.3 is 11.9 Å². The minimum atomic E-state index is -0.671. The lowest BCUT2D eigenvalue weighted by Crippen LogP contribution is -1.93. The minimum Gasteiger partial charge on any atom is -0.481 e. The first kappa shape index (κ1) is 40.0. The molecule has 0 amide bonds. The number of hydrogen-bond donors (Lipinski definition) is 2. The molecular weight excluding hydrogens is 496 g/mol. The van der Waals surface area contributed by atoms with E-state index in [1.807, 2.05) is 0 Å². The summed E-state index contributed by atoms with van der Waals surface area (Å²) in [5.41, 5.74) is 0. The van der Waals surface area contributed by atoms with Crippen LogP contribution in [0, 0.1) is 0 Å². The van der Waals surface area contributed by atoms with Gasteiger partial charge in [-0.25, -0.2) is 0 Å². The van der Waals surface area contributed by atoms with E-state index in [2.05, 4.69) is 62.5 Å². The maximum Gasteiger partial charge on any atom is 0.303 e. The Kier molecular flexibility index (Phi) is 36.9. The molecule has 2 N–H and O–H groups in total. The van der Waals surface area contributed by atoms with Crippen molar-refractivity contribution in [3.05, 3.63) is 48.6 Å². The Balaban J connectivity index is 0. The van der Waals surface area contributed by atoms with E-state index >= 15 is 0 Å². The fourth-order valence-corrected chi connectivity index (χ4v) is 4.18. The molecule has 0 aromatic heterocycles. The van der Waals surface area contributed by atoms with E-state index in [1.54, 1.807) is 0 Å². The van der Waals surface area contributed by atoms with Crippen molar-refractivity contribution in [1.82, 2.24) is 0 Å². The second-order valence-electron chi connectivity index (χ2n) is 10.7. The third kappa shape index (κ3) is 43.0. The van der Waals surface area contributed by atoms with Gasteiger partial charge in [0, 0.05) is 12.8 Å². The molecule has 0 aliphatic heterocycles. The molecule has 232 valence electrons. The van der Waals surface area contributed by atoms with Crippen LogP contribution in [0.3, 0.4) is 0 Å². The van der Waals surface area contributed by atoms with Gasteiger partial charge < -0.3 is 10.2 Å². The van der Waals surface area contributed by atoms with Crippen LogP contribution in [0.25, 0.3) is 0 Å². The lowest BCUT2D eigenvalue weighted by atomic mass is 10.1. The molecule has 0 aromatic rings. The van der Waals surface area contributed by atoms with Crippen molar-refractivity contribution in [2.45, 2.75) is 168 Å². The zero-order chi connectivity index (χ0) is 29.8. The van der Waals surface area contributed by atoms with Crippen molar-refractivity contribution < 1.29 is 19.8 Å². The van der Waals surface area contributed by atoms with Crippen molar-refractivity contribution in [3.8, 4) is 0 Å². The van der Waals surface area contributed by atoms with Gasteiger partial charge in [-0.1, -0.05) is 127 Å². The summed E-state index contributed by atoms with van der Waals surface area (Å²) in [6.07, 6.45) is 44.6. The topological polar surface area (TPSA) is 74.6 Å². The molecule has 0 rings (SSSR count). The highest BCUT2D eigenvalue weighted by Gasteiger charge is 1.96. The van der Waals surface area contributed by atoms with Gasteiger partial charge in [0.05, 0.1) is 0 Å². The van der Waals surface area contributed by atoms with E-state index in [0.29, 0.717) is 12.8 Å². The Hall–Kier alpha value is -2.10. The number of carboxylic acids is 2. The molecule has 40 heavy (non-hydrogen) atoms. The second kappa shape index (κ2) is 36.9. The first-order valence-electron chi connectivity index (χ1n) is 16.6. The molecule has 0 bridgehead atoms. The Bertz CT molecular complexity index is 589. The first-order valence-corrected chi connectivity index (χ1v) is 16.6. The molecule has 4 nitrogen and oxygen atoms in total. The molecule has 0 saturated carbocycles. The number of rotatable bonds is 28. The van der Waals surface area contributed by atoms with Crippen molar-refractivity contribution in [3.63, 3.8) is 0 Å². The SMILES string of the molecule is CCCCC/C=C\C/C=C\CCCCCCCC(=O)O.CCCCCC=CCC=CCCCCCCCC(=O)O. The molecule has 4 heteroatoms. The van der Waals surface area contributed by atoms with Crippen LogP contribution in [-0.2, 0) is 9.59 Å². The summed E-state index contributed by atoms with van der Waals surface area (Å²) in [4.78, 5) is 20.6. The number of unbranched alkanes of at least 4 members (excludes halogenated alkanes) is 16. The molecule has 0 aromatic carbocycles. The van der Waals surface area contributed by atoms with Crippen LogP contribution in [0.15, 0.2) is 48.6 Å². The minimum absolute atomic E-state index is 0.324. The third-order valence-corrected chi connectivity index (χ3v) is 6.68. The highest BCUT2D eigenvalue weighted by Crippen LogP contribution is 2.09. The maximum absolute atomic E-state index is 10.3. The van der Waals surface area contributed by atoms with Gasteiger partial charge in [0.25, 0.3) is 0 Å². The van der Waals surface area contributed by atoms with Crippen LogP contribution in [-0.4, -0.2) is 22.2 Å². The average Bonchev–Trinajstić information content (AvgIpc) is 2.93. The molecule has 0 atom stereocenters. The molecule has 0 unspecified atom stereocenters. The van der Waals surface area contributed by atoms with Crippen LogP contribution in [0.2, 0.25) is 0 Å². The van der Waals surface area contributed by atoms with E-state index in [0.717, 1.165) is 51.4 Å². The summed E-state index contributed by atoms with van der Waals surface area (Å²) in [6, 6.07) is 0. The van der Waals surface area contributed by atoms with Crippen molar-refractivity contribution in [1.29, 1.82) is 0 Å². The van der Waals surface area contributed by atoms with Crippen LogP contribution in [0.4, 0.5) is 0 Å². The van der Waals surface area contributed by atoms with Crippen LogP contribution >= 0.6 is 0 Å². The van der Waals surface area contributed by atoms with Gasteiger partial charge in [0.1, 0.15) is 0 Å². The smallest absolute Gasteiger partial charge is 0.303 e. The largest absolute Gasteiger partial charge is 0.481 e. The monoisotopic (exact) mass is 560 g/mol. The molecule has 0 fully saturated rings. The van der Waals surface area contributed by atoms with E-state index < -0.39 is 11.9 Å². The Morgan fingerprint density at radius 3 is 0.975 bits per heavy atom. The zero-order valence-electron chi connectivity index (χ0n) is 26.3. The second-order valence-corrected chi connectivity index (χ2v) is 10.7. The summed E-state index contributed by atoms with van der Waals surface area (Å²) >= 11 is 0. The first-order chi connectivity index (χ1) is 19.5. The number of hydrogen-bond acceptors (Lipinski definition) is 2. The fraction of sp³-hybridized carbons (Fsp3) is 0.722. The Morgan fingerprint density at radius 1 is 0.400 bits per heavy atom. The van der Waals surface area contributed by atoms with Gasteiger partial charge in [0.2, 0.25) is 0 Å². The normalized spacial score (nSPS) is 11.7. The Morgan fingerprint density at radius 2 is 0.675 bits per heavy atom. The summed E-state index contributed by atoms with van der Waals surface area (Å²) in [7, 11) is 0. The Labute approximate surface area is 248 Å². The van der Waals surface area contributed by atoms with E-state index in [9.17, 15) is 9.59 Å². The summed E-state index contributed by atoms with van der Waals surface area (Å²) < 4.78 is 0. The molecule has 0 saturated heterocycles. The molecule has 0 aliphatic carbocycles.